The van der Waals surface area contributed by atoms with Crippen LogP contribution in [0.3, 0.4) is 0 Å². The molecule has 1 fully saturated rings. The van der Waals surface area contributed by atoms with E-state index in [1.54, 1.807) is 6.26 Å². The molecule has 0 amide bonds. The molecule has 1 N–H and O–H groups in total. The third kappa shape index (κ3) is 3.34. The van der Waals surface area contributed by atoms with Gasteiger partial charge in [0.05, 0.1) is 5.69 Å². The molecule has 112 valence electrons. The summed E-state index contributed by atoms with van der Waals surface area (Å²) in [4.78, 5) is 7.13. The van der Waals surface area contributed by atoms with E-state index in [-0.39, 0.29) is 0 Å². The number of aryl methyl sites for hydroxylation is 1. The van der Waals surface area contributed by atoms with E-state index < -0.39 is 0 Å². The van der Waals surface area contributed by atoms with E-state index in [1.807, 2.05) is 7.05 Å². The highest BCUT2D eigenvalue weighted by Gasteiger charge is 2.24. The van der Waals surface area contributed by atoms with Crippen LogP contribution in [-0.2, 0) is 6.54 Å². The summed E-state index contributed by atoms with van der Waals surface area (Å²) in [5.74, 6) is 0.717. The van der Waals surface area contributed by atoms with E-state index in [1.165, 1.54) is 18.4 Å². The summed E-state index contributed by atoms with van der Waals surface area (Å²) < 4.78 is 5.64. The fourth-order valence-electron chi connectivity index (χ4n) is 2.99. The highest BCUT2D eigenvalue weighted by molar-refractivity contribution is 5.53. The van der Waals surface area contributed by atoms with Crippen molar-refractivity contribution in [3.05, 3.63) is 41.8 Å². The van der Waals surface area contributed by atoms with Gasteiger partial charge in [-0.25, -0.2) is 4.98 Å². The Morgan fingerprint density at radius 1 is 1.33 bits per heavy atom. The minimum absolute atomic E-state index is 0.620. The van der Waals surface area contributed by atoms with Gasteiger partial charge in [-0.05, 0) is 45.5 Å². The zero-order chi connectivity index (χ0) is 14.7. The molecule has 1 unspecified atom stereocenters. The maximum Gasteiger partial charge on any atom is 0.226 e. The maximum absolute atomic E-state index is 5.64. The minimum atomic E-state index is 0.620. The molecule has 0 radical (unpaired) electrons. The largest absolute Gasteiger partial charge is 0.444 e. The first-order valence-corrected chi connectivity index (χ1v) is 7.66. The predicted octanol–water partition coefficient (Wildman–Crippen LogP) is 2.83. The van der Waals surface area contributed by atoms with Gasteiger partial charge in [-0.2, -0.15) is 0 Å². The Labute approximate surface area is 126 Å². The van der Waals surface area contributed by atoms with E-state index in [0.717, 1.165) is 36.8 Å². The summed E-state index contributed by atoms with van der Waals surface area (Å²) >= 11 is 0. The summed E-state index contributed by atoms with van der Waals surface area (Å²) in [6, 6.07) is 8.91. The van der Waals surface area contributed by atoms with Gasteiger partial charge in [0.2, 0.25) is 5.89 Å². The lowest BCUT2D eigenvalue weighted by Gasteiger charge is -2.22. The summed E-state index contributed by atoms with van der Waals surface area (Å²) in [7, 11) is 2.02. The van der Waals surface area contributed by atoms with Gasteiger partial charge in [-0.3, -0.25) is 4.90 Å². The average Bonchev–Trinajstić information content (AvgIpc) is 3.11. The van der Waals surface area contributed by atoms with Gasteiger partial charge < -0.3 is 9.73 Å². The van der Waals surface area contributed by atoms with Gasteiger partial charge in [-0.1, -0.05) is 17.7 Å². The summed E-state index contributed by atoms with van der Waals surface area (Å²) in [6.45, 7) is 5.16. The molecule has 4 nitrogen and oxygen atoms in total. The Hall–Kier alpha value is -1.65. The molecular weight excluding hydrogens is 262 g/mol. The Bertz CT molecular complexity index is 576. The van der Waals surface area contributed by atoms with Crippen molar-refractivity contribution in [1.29, 1.82) is 0 Å². The molecule has 0 aliphatic carbocycles. The Morgan fingerprint density at radius 2 is 2.14 bits per heavy atom. The van der Waals surface area contributed by atoms with Gasteiger partial charge in [0.25, 0.3) is 0 Å². The number of oxazole rings is 1. The molecule has 2 heterocycles. The topological polar surface area (TPSA) is 41.3 Å². The van der Waals surface area contributed by atoms with Gasteiger partial charge in [0.1, 0.15) is 6.26 Å². The molecule has 1 saturated heterocycles. The molecule has 4 heteroatoms. The maximum atomic E-state index is 5.64. The molecule has 0 saturated carbocycles. The van der Waals surface area contributed by atoms with Crippen LogP contribution < -0.4 is 5.32 Å². The average molecular weight is 285 g/mol. The van der Waals surface area contributed by atoms with Crippen molar-refractivity contribution >= 4 is 0 Å². The number of likely N-dealkylation sites (tertiary alicyclic amines) is 1. The summed E-state index contributed by atoms with van der Waals surface area (Å²) in [5, 5.41) is 3.28. The quantitative estimate of drug-likeness (QED) is 0.917. The third-order valence-corrected chi connectivity index (χ3v) is 4.15. The van der Waals surface area contributed by atoms with E-state index in [4.69, 9.17) is 4.42 Å². The number of aromatic nitrogens is 1. The second-order valence-electron chi connectivity index (χ2n) is 5.83. The van der Waals surface area contributed by atoms with E-state index in [0.29, 0.717) is 6.04 Å². The highest BCUT2D eigenvalue weighted by atomic mass is 16.3. The monoisotopic (exact) mass is 285 g/mol. The molecule has 2 aromatic rings. The van der Waals surface area contributed by atoms with Crippen molar-refractivity contribution in [3.8, 4) is 11.5 Å². The molecular formula is C17H23N3O. The van der Waals surface area contributed by atoms with Crippen molar-refractivity contribution in [2.24, 2.45) is 0 Å². The minimum Gasteiger partial charge on any atom is -0.444 e. The summed E-state index contributed by atoms with van der Waals surface area (Å²) in [6.07, 6.45) is 4.34. The van der Waals surface area contributed by atoms with E-state index in [2.05, 4.69) is 46.4 Å². The second-order valence-corrected chi connectivity index (χ2v) is 5.83. The van der Waals surface area contributed by atoms with Crippen LogP contribution in [0.5, 0.6) is 0 Å². The molecule has 1 aliphatic rings. The number of nitrogens with zero attached hydrogens (tertiary/aromatic N) is 2. The van der Waals surface area contributed by atoms with Crippen LogP contribution in [0.2, 0.25) is 0 Å². The van der Waals surface area contributed by atoms with Crippen LogP contribution in [0.1, 0.15) is 24.1 Å². The van der Waals surface area contributed by atoms with Gasteiger partial charge in [0, 0.05) is 24.7 Å². The fourth-order valence-corrected chi connectivity index (χ4v) is 2.99. The van der Waals surface area contributed by atoms with Crippen molar-refractivity contribution in [3.63, 3.8) is 0 Å². The molecule has 3 rings (SSSR count). The zero-order valence-electron chi connectivity index (χ0n) is 12.8. The molecule has 0 bridgehead atoms. The Balaban J connectivity index is 1.69. The first-order valence-electron chi connectivity index (χ1n) is 7.66. The van der Waals surface area contributed by atoms with Crippen LogP contribution in [0.4, 0.5) is 0 Å². The van der Waals surface area contributed by atoms with Crippen LogP contribution in [-0.4, -0.2) is 36.1 Å². The molecule has 1 atom stereocenters. The SMILES string of the molecule is CNCC1CCCN1Cc1coc(-c2ccc(C)cc2)n1. The molecule has 1 aromatic heterocycles. The van der Waals surface area contributed by atoms with Gasteiger partial charge in [-0.15, -0.1) is 0 Å². The molecule has 1 aliphatic heterocycles. The lowest BCUT2D eigenvalue weighted by atomic mass is 10.1. The molecule has 0 spiro atoms. The number of hydrogen-bond acceptors (Lipinski definition) is 4. The van der Waals surface area contributed by atoms with E-state index >= 15 is 0 Å². The Morgan fingerprint density at radius 3 is 2.90 bits per heavy atom. The number of likely N-dealkylation sites (N-methyl/N-ethyl adjacent to an activating group) is 1. The van der Waals surface area contributed by atoms with E-state index in [9.17, 15) is 0 Å². The van der Waals surface area contributed by atoms with Crippen molar-refractivity contribution < 1.29 is 4.42 Å². The lowest BCUT2D eigenvalue weighted by Crippen LogP contribution is -2.36. The number of nitrogens with one attached hydrogen (secondary N) is 1. The van der Waals surface area contributed by atoms with Crippen LogP contribution in [0.15, 0.2) is 34.9 Å². The number of rotatable bonds is 5. The normalized spacial score (nSPS) is 19.2. The predicted molar refractivity (Wildman–Crippen MR) is 84.0 cm³/mol. The third-order valence-electron chi connectivity index (χ3n) is 4.15. The van der Waals surface area contributed by atoms with Gasteiger partial charge >= 0.3 is 0 Å². The molecule has 21 heavy (non-hydrogen) atoms. The first kappa shape index (κ1) is 14.3. The van der Waals surface area contributed by atoms with Crippen LogP contribution in [0, 0.1) is 6.92 Å². The van der Waals surface area contributed by atoms with Gasteiger partial charge in [0.15, 0.2) is 0 Å². The van der Waals surface area contributed by atoms with Crippen LogP contribution in [0.25, 0.3) is 11.5 Å². The van der Waals surface area contributed by atoms with Crippen molar-refractivity contribution in [2.75, 3.05) is 20.1 Å². The summed E-state index contributed by atoms with van der Waals surface area (Å²) in [5.41, 5.74) is 3.31. The smallest absolute Gasteiger partial charge is 0.226 e. The van der Waals surface area contributed by atoms with Crippen molar-refractivity contribution in [1.82, 2.24) is 15.2 Å². The lowest BCUT2D eigenvalue weighted by molar-refractivity contribution is 0.239. The highest BCUT2D eigenvalue weighted by Crippen LogP contribution is 2.22. The first-order chi connectivity index (χ1) is 10.3. The number of benzene rings is 1. The Kier molecular flexibility index (Phi) is 4.36. The second kappa shape index (κ2) is 6.41. The fraction of sp³-hybridized carbons (Fsp3) is 0.471. The zero-order valence-corrected chi connectivity index (χ0v) is 12.8. The number of hydrogen-bond donors (Lipinski definition) is 1. The van der Waals surface area contributed by atoms with Crippen molar-refractivity contribution in [2.45, 2.75) is 32.4 Å². The van der Waals surface area contributed by atoms with Crippen LogP contribution >= 0.6 is 0 Å². The molecule has 1 aromatic carbocycles. The standard InChI is InChI=1S/C17H23N3O/c1-13-5-7-14(8-6-13)17-19-15(12-21-17)11-20-9-3-4-16(20)10-18-2/h5-8,12,16,18H,3-4,9-11H2,1-2H3.